The van der Waals surface area contributed by atoms with Gasteiger partial charge in [-0.1, -0.05) is 6.07 Å². The van der Waals surface area contributed by atoms with Gasteiger partial charge < -0.3 is 26.8 Å². The summed E-state index contributed by atoms with van der Waals surface area (Å²) in [6, 6.07) is 4.71. The molecule has 7 heteroatoms. The van der Waals surface area contributed by atoms with E-state index in [0.29, 0.717) is 13.0 Å². The Morgan fingerprint density at radius 2 is 1.71 bits per heavy atom. The Labute approximate surface area is 105 Å². The zero-order valence-electron chi connectivity index (χ0n) is 9.17. The van der Waals surface area contributed by atoms with Gasteiger partial charge in [-0.15, -0.1) is 12.4 Å². The van der Waals surface area contributed by atoms with Crippen molar-refractivity contribution in [1.82, 2.24) is 0 Å². The van der Waals surface area contributed by atoms with E-state index in [1.807, 2.05) is 0 Å². The standard InChI is InChI=1S/C8H11NO2.C2H5NO2.ClH/c9-4-3-6-1-2-7(10)8(11)5-6;3-1-2(4)5;/h1-2,5,10-11H,3-4,9H2;1,3H2,(H,4,5);1H. The highest BCUT2D eigenvalue weighted by Crippen LogP contribution is 2.24. The average molecular weight is 265 g/mol. The zero-order chi connectivity index (χ0) is 12.6. The van der Waals surface area contributed by atoms with Crippen molar-refractivity contribution in [1.29, 1.82) is 0 Å². The molecule has 0 amide bonds. The number of hydrogen-bond donors (Lipinski definition) is 5. The monoisotopic (exact) mass is 264 g/mol. The maximum absolute atomic E-state index is 9.24. The van der Waals surface area contributed by atoms with E-state index in [4.69, 9.17) is 21.1 Å². The number of carboxylic acid groups (broad SMARTS) is 1. The number of phenols is 2. The van der Waals surface area contributed by atoms with Gasteiger partial charge >= 0.3 is 5.97 Å². The molecule has 1 rings (SSSR count). The third kappa shape index (κ3) is 8.32. The second-order valence-corrected chi connectivity index (χ2v) is 2.96. The van der Waals surface area contributed by atoms with E-state index in [-0.39, 0.29) is 30.5 Å². The van der Waals surface area contributed by atoms with Crippen LogP contribution in [0.5, 0.6) is 11.5 Å². The van der Waals surface area contributed by atoms with E-state index < -0.39 is 5.97 Å². The Hall–Kier alpha value is -1.50. The molecule has 0 saturated carbocycles. The van der Waals surface area contributed by atoms with E-state index in [2.05, 4.69) is 5.73 Å². The summed E-state index contributed by atoms with van der Waals surface area (Å²) < 4.78 is 0. The van der Waals surface area contributed by atoms with Gasteiger partial charge in [-0.25, -0.2) is 0 Å². The van der Waals surface area contributed by atoms with Crippen LogP contribution in [0, 0.1) is 0 Å². The van der Waals surface area contributed by atoms with Crippen molar-refractivity contribution < 1.29 is 20.1 Å². The van der Waals surface area contributed by atoms with E-state index in [9.17, 15) is 4.79 Å². The van der Waals surface area contributed by atoms with Crippen LogP contribution in [-0.2, 0) is 11.2 Å². The third-order valence-electron chi connectivity index (χ3n) is 1.65. The number of nitrogens with two attached hydrogens (primary N) is 2. The quantitative estimate of drug-likeness (QED) is 0.491. The molecule has 0 aliphatic heterocycles. The summed E-state index contributed by atoms with van der Waals surface area (Å²) in [6.07, 6.45) is 0.716. The minimum absolute atomic E-state index is 0. The minimum atomic E-state index is -0.968. The van der Waals surface area contributed by atoms with Crippen molar-refractivity contribution in [3.63, 3.8) is 0 Å². The van der Waals surface area contributed by atoms with E-state index in [1.54, 1.807) is 6.07 Å². The smallest absolute Gasteiger partial charge is 0.317 e. The Kier molecular flexibility index (Phi) is 10.2. The summed E-state index contributed by atoms with van der Waals surface area (Å²) >= 11 is 0. The predicted octanol–water partition coefficient (Wildman–Crippen LogP) is 0.0505. The first kappa shape index (κ1) is 17.9. The molecule has 17 heavy (non-hydrogen) atoms. The lowest BCUT2D eigenvalue weighted by Crippen LogP contribution is -2.10. The molecule has 0 aliphatic carbocycles. The van der Waals surface area contributed by atoms with Crippen LogP contribution in [0.1, 0.15) is 5.56 Å². The highest BCUT2D eigenvalue weighted by Gasteiger charge is 1.98. The lowest BCUT2D eigenvalue weighted by molar-refractivity contribution is -0.135. The number of aliphatic carboxylic acids is 1. The highest BCUT2D eigenvalue weighted by atomic mass is 35.5. The lowest BCUT2D eigenvalue weighted by Gasteiger charge is -2.00. The Bertz CT molecular complexity index is 347. The number of halogens is 1. The summed E-state index contributed by atoms with van der Waals surface area (Å²) in [7, 11) is 0. The Balaban J connectivity index is 0. The molecule has 0 bridgehead atoms. The summed E-state index contributed by atoms with van der Waals surface area (Å²) in [5.74, 6) is -1.15. The van der Waals surface area contributed by atoms with Crippen molar-refractivity contribution in [3.05, 3.63) is 23.8 Å². The van der Waals surface area contributed by atoms with E-state index >= 15 is 0 Å². The Morgan fingerprint density at radius 3 is 2.06 bits per heavy atom. The van der Waals surface area contributed by atoms with Gasteiger partial charge in [-0.05, 0) is 30.7 Å². The molecule has 0 aromatic heterocycles. The second kappa shape index (κ2) is 9.71. The van der Waals surface area contributed by atoms with Gasteiger partial charge in [0.25, 0.3) is 0 Å². The van der Waals surface area contributed by atoms with Gasteiger partial charge in [0.1, 0.15) is 0 Å². The van der Waals surface area contributed by atoms with Crippen LogP contribution in [0.15, 0.2) is 18.2 Å². The van der Waals surface area contributed by atoms with Crippen molar-refractivity contribution >= 4 is 18.4 Å². The average Bonchev–Trinajstić information content (AvgIpc) is 2.25. The number of rotatable bonds is 3. The summed E-state index contributed by atoms with van der Waals surface area (Å²) in [4.78, 5) is 9.24. The fourth-order valence-electron chi connectivity index (χ4n) is 0.891. The maximum atomic E-state index is 9.24. The molecule has 98 valence electrons. The van der Waals surface area contributed by atoms with Crippen LogP contribution in [-0.4, -0.2) is 34.4 Å². The third-order valence-corrected chi connectivity index (χ3v) is 1.65. The number of aromatic hydroxyl groups is 2. The lowest BCUT2D eigenvalue weighted by atomic mass is 10.1. The molecule has 0 spiro atoms. The van der Waals surface area contributed by atoms with Crippen molar-refractivity contribution in [2.75, 3.05) is 13.1 Å². The molecule has 0 saturated heterocycles. The molecule has 1 aromatic carbocycles. The predicted molar refractivity (Wildman–Crippen MR) is 66.5 cm³/mol. The maximum Gasteiger partial charge on any atom is 0.317 e. The number of carboxylic acids is 1. The molecule has 0 unspecified atom stereocenters. The van der Waals surface area contributed by atoms with E-state index in [1.165, 1.54) is 12.1 Å². The molecule has 1 aromatic rings. The van der Waals surface area contributed by atoms with Crippen LogP contribution in [0.25, 0.3) is 0 Å². The first-order valence-electron chi connectivity index (χ1n) is 4.64. The number of phenolic OH excluding ortho intramolecular Hbond substituents is 2. The molecule has 0 fully saturated rings. The largest absolute Gasteiger partial charge is 0.504 e. The van der Waals surface area contributed by atoms with Crippen molar-refractivity contribution in [3.8, 4) is 11.5 Å². The van der Waals surface area contributed by atoms with Gasteiger partial charge in [-0.2, -0.15) is 0 Å². The minimum Gasteiger partial charge on any atom is -0.504 e. The molecule has 0 heterocycles. The van der Waals surface area contributed by atoms with Gasteiger partial charge in [0.15, 0.2) is 11.5 Å². The molecule has 0 aliphatic rings. The molecule has 0 radical (unpaired) electrons. The first-order valence-corrected chi connectivity index (χ1v) is 4.64. The van der Waals surface area contributed by atoms with Gasteiger partial charge in [0, 0.05) is 0 Å². The van der Waals surface area contributed by atoms with Crippen molar-refractivity contribution in [2.24, 2.45) is 11.5 Å². The topological polar surface area (TPSA) is 130 Å². The van der Waals surface area contributed by atoms with Crippen LogP contribution in [0.4, 0.5) is 0 Å². The van der Waals surface area contributed by atoms with Gasteiger partial charge in [0.05, 0.1) is 6.54 Å². The van der Waals surface area contributed by atoms with Gasteiger partial charge in [-0.3, -0.25) is 4.79 Å². The second-order valence-electron chi connectivity index (χ2n) is 2.96. The molecular weight excluding hydrogens is 248 g/mol. The normalized spacial score (nSPS) is 8.59. The Morgan fingerprint density at radius 1 is 1.18 bits per heavy atom. The SMILES string of the molecule is Cl.NCC(=O)O.NCCc1ccc(O)c(O)c1. The van der Waals surface area contributed by atoms with Crippen LogP contribution < -0.4 is 11.5 Å². The zero-order valence-corrected chi connectivity index (χ0v) is 9.98. The van der Waals surface area contributed by atoms with Crippen LogP contribution in [0.3, 0.4) is 0 Å². The first-order chi connectivity index (χ1) is 7.51. The molecule has 7 N–H and O–H groups in total. The summed E-state index contributed by atoms with van der Waals surface area (Å²) in [5.41, 5.74) is 10.8. The fraction of sp³-hybridized carbons (Fsp3) is 0.300. The summed E-state index contributed by atoms with van der Waals surface area (Å²) in [6.45, 7) is 0.268. The highest BCUT2D eigenvalue weighted by molar-refractivity contribution is 5.85. The number of benzene rings is 1. The van der Waals surface area contributed by atoms with Gasteiger partial charge in [0.2, 0.25) is 0 Å². The molecular formula is C10H17ClN2O4. The fourth-order valence-corrected chi connectivity index (χ4v) is 0.891. The number of carbonyl (C=O) groups is 1. The molecule has 0 atom stereocenters. The van der Waals surface area contributed by atoms with Crippen LogP contribution >= 0.6 is 12.4 Å². The number of hydrogen-bond acceptors (Lipinski definition) is 5. The van der Waals surface area contributed by atoms with Crippen LogP contribution in [0.2, 0.25) is 0 Å². The molecule has 6 nitrogen and oxygen atoms in total. The van der Waals surface area contributed by atoms with E-state index in [0.717, 1.165) is 5.56 Å². The summed E-state index contributed by atoms with van der Waals surface area (Å²) in [5, 5.41) is 25.6. The van der Waals surface area contributed by atoms with Crippen molar-refractivity contribution in [2.45, 2.75) is 6.42 Å².